The SMILES string of the molecule is Cc1ccc(C(=O)N2CCN(C(=O)NC3CCC(C(=O)O)CC3)CC2)cc1F. The van der Waals surface area contributed by atoms with Gasteiger partial charge in [-0.2, -0.15) is 0 Å². The van der Waals surface area contributed by atoms with Crippen LogP contribution in [0.25, 0.3) is 0 Å². The lowest BCUT2D eigenvalue weighted by Crippen LogP contribution is -2.54. The Morgan fingerprint density at radius 3 is 2.21 bits per heavy atom. The van der Waals surface area contributed by atoms with Crippen molar-refractivity contribution in [2.45, 2.75) is 38.6 Å². The number of carbonyl (C=O) groups is 3. The van der Waals surface area contributed by atoms with Crippen LogP contribution in [0.4, 0.5) is 9.18 Å². The number of aliphatic carboxylic acids is 1. The number of urea groups is 1. The van der Waals surface area contributed by atoms with Crippen LogP contribution in [0, 0.1) is 18.7 Å². The van der Waals surface area contributed by atoms with Crippen LogP contribution in [0.5, 0.6) is 0 Å². The van der Waals surface area contributed by atoms with E-state index in [1.54, 1.807) is 28.9 Å². The first kappa shape index (κ1) is 20.1. The van der Waals surface area contributed by atoms with Crippen LogP contribution < -0.4 is 5.32 Å². The average molecular weight is 391 g/mol. The third-order valence-electron chi connectivity index (χ3n) is 5.68. The molecular formula is C20H26FN3O4. The first-order chi connectivity index (χ1) is 13.3. The van der Waals surface area contributed by atoms with Crippen LogP contribution in [-0.2, 0) is 4.79 Å². The molecule has 0 bridgehead atoms. The Kier molecular flexibility index (Phi) is 6.16. The highest BCUT2D eigenvalue weighted by atomic mass is 19.1. The summed E-state index contributed by atoms with van der Waals surface area (Å²) in [7, 11) is 0. The van der Waals surface area contributed by atoms with Gasteiger partial charge in [-0.05, 0) is 50.3 Å². The minimum absolute atomic E-state index is 0.00158. The van der Waals surface area contributed by atoms with Gasteiger partial charge in [0.2, 0.25) is 0 Å². The average Bonchev–Trinajstić information content (AvgIpc) is 2.70. The van der Waals surface area contributed by atoms with Crippen molar-refractivity contribution in [2.24, 2.45) is 5.92 Å². The minimum Gasteiger partial charge on any atom is -0.481 e. The summed E-state index contributed by atoms with van der Waals surface area (Å²) in [5, 5.41) is 12.0. The number of carbonyl (C=O) groups excluding carboxylic acids is 2. The number of hydrogen-bond donors (Lipinski definition) is 2. The van der Waals surface area contributed by atoms with Gasteiger partial charge in [0, 0.05) is 37.8 Å². The number of halogens is 1. The van der Waals surface area contributed by atoms with E-state index in [2.05, 4.69) is 5.32 Å². The number of carboxylic acids is 1. The topological polar surface area (TPSA) is 90.0 Å². The van der Waals surface area contributed by atoms with Gasteiger partial charge >= 0.3 is 12.0 Å². The molecule has 3 amide bonds. The Bertz CT molecular complexity index is 754. The highest BCUT2D eigenvalue weighted by Gasteiger charge is 2.29. The third-order valence-corrected chi connectivity index (χ3v) is 5.68. The maximum absolute atomic E-state index is 13.7. The first-order valence-electron chi connectivity index (χ1n) is 9.69. The zero-order valence-electron chi connectivity index (χ0n) is 16.0. The quantitative estimate of drug-likeness (QED) is 0.827. The van der Waals surface area contributed by atoms with Crippen molar-refractivity contribution in [3.05, 3.63) is 35.1 Å². The van der Waals surface area contributed by atoms with Crippen molar-refractivity contribution < 1.29 is 23.9 Å². The Morgan fingerprint density at radius 2 is 1.64 bits per heavy atom. The second kappa shape index (κ2) is 8.58. The van der Waals surface area contributed by atoms with Gasteiger partial charge in [-0.1, -0.05) is 6.07 Å². The molecule has 1 aliphatic carbocycles. The van der Waals surface area contributed by atoms with E-state index in [4.69, 9.17) is 5.11 Å². The lowest BCUT2D eigenvalue weighted by atomic mass is 9.86. The number of amides is 3. The zero-order chi connectivity index (χ0) is 20.3. The Balaban J connectivity index is 1.47. The minimum atomic E-state index is -0.765. The molecule has 2 N–H and O–H groups in total. The van der Waals surface area contributed by atoms with Crippen molar-refractivity contribution in [3.8, 4) is 0 Å². The highest BCUT2D eigenvalue weighted by Crippen LogP contribution is 2.24. The van der Waals surface area contributed by atoms with Crippen LogP contribution in [0.15, 0.2) is 18.2 Å². The van der Waals surface area contributed by atoms with Gasteiger partial charge in [0.1, 0.15) is 5.82 Å². The summed E-state index contributed by atoms with van der Waals surface area (Å²) in [5.74, 6) is -1.71. The monoisotopic (exact) mass is 391 g/mol. The van der Waals surface area contributed by atoms with Crippen molar-refractivity contribution in [3.63, 3.8) is 0 Å². The first-order valence-corrected chi connectivity index (χ1v) is 9.69. The Labute approximate surface area is 163 Å². The fraction of sp³-hybridized carbons (Fsp3) is 0.550. The molecule has 1 aromatic carbocycles. The Hall–Kier alpha value is -2.64. The lowest BCUT2D eigenvalue weighted by molar-refractivity contribution is -0.142. The number of piperazine rings is 1. The summed E-state index contributed by atoms with van der Waals surface area (Å²) in [6, 6.07) is 4.29. The second-order valence-electron chi connectivity index (χ2n) is 7.58. The molecule has 8 heteroatoms. The predicted octanol–water partition coefficient (Wildman–Crippen LogP) is 2.24. The van der Waals surface area contributed by atoms with Crippen LogP contribution in [0.3, 0.4) is 0 Å². The van der Waals surface area contributed by atoms with Crippen LogP contribution in [-0.4, -0.2) is 65.0 Å². The van der Waals surface area contributed by atoms with Crippen molar-refractivity contribution in [1.82, 2.24) is 15.1 Å². The van der Waals surface area contributed by atoms with Crippen molar-refractivity contribution >= 4 is 17.9 Å². The molecule has 1 saturated heterocycles. The van der Waals surface area contributed by atoms with E-state index in [0.29, 0.717) is 63.0 Å². The van der Waals surface area contributed by atoms with E-state index in [-0.39, 0.29) is 23.9 Å². The summed E-state index contributed by atoms with van der Waals surface area (Å²) in [5.41, 5.74) is 0.812. The molecule has 7 nitrogen and oxygen atoms in total. The molecule has 0 aromatic heterocycles. The lowest BCUT2D eigenvalue weighted by Gasteiger charge is -2.36. The summed E-state index contributed by atoms with van der Waals surface area (Å²) in [6.45, 7) is 3.27. The van der Waals surface area contributed by atoms with Crippen LogP contribution >= 0.6 is 0 Å². The van der Waals surface area contributed by atoms with E-state index in [1.807, 2.05) is 0 Å². The summed E-state index contributed by atoms with van der Waals surface area (Å²) in [6.07, 6.45) is 2.49. The van der Waals surface area contributed by atoms with Crippen molar-refractivity contribution in [2.75, 3.05) is 26.2 Å². The van der Waals surface area contributed by atoms with Gasteiger partial charge in [-0.15, -0.1) is 0 Å². The maximum atomic E-state index is 13.7. The van der Waals surface area contributed by atoms with Gasteiger partial charge in [-0.3, -0.25) is 9.59 Å². The fourth-order valence-electron chi connectivity index (χ4n) is 3.77. The normalized spacial score (nSPS) is 22.6. The molecule has 1 heterocycles. The molecule has 3 rings (SSSR count). The van der Waals surface area contributed by atoms with Crippen LogP contribution in [0.2, 0.25) is 0 Å². The molecule has 2 aliphatic rings. The number of nitrogens with zero attached hydrogens (tertiary/aromatic N) is 2. The number of nitrogens with one attached hydrogen (secondary N) is 1. The van der Waals surface area contributed by atoms with Gasteiger partial charge in [0.15, 0.2) is 0 Å². The highest BCUT2D eigenvalue weighted by molar-refractivity contribution is 5.94. The van der Waals surface area contributed by atoms with Crippen LogP contribution in [0.1, 0.15) is 41.6 Å². The fourth-order valence-corrected chi connectivity index (χ4v) is 3.77. The summed E-state index contributed by atoms with van der Waals surface area (Å²) < 4.78 is 13.7. The Morgan fingerprint density at radius 1 is 1.04 bits per heavy atom. The molecule has 152 valence electrons. The molecule has 0 spiro atoms. The smallest absolute Gasteiger partial charge is 0.317 e. The molecule has 1 saturated carbocycles. The number of aryl methyl sites for hydroxylation is 1. The van der Waals surface area contributed by atoms with E-state index >= 15 is 0 Å². The molecule has 1 aliphatic heterocycles. The molecule has 0 radical (unpaired) electrons. The van der Waals surface area contributed by atoms with Gasteiger partial charge in [0.25, 0.3) is 5.91 Å². The number of carboxylic acid groups (broad SMARTS) is 1. The maximum Gasteiger partial charge on any atom is 0.317 e. The molecular weight excluding hydrogens is 365 g/mol. The van der Waals surface area contributed by atoms with E-state index in [1.165, 1.54) is 6.07 Å². The summed E-state index contributed by atoms with van der Waals surface area (Å²) >= 11 is 0. The number of benzene rings is 1. The van der Waals surface area contributed by atoms with Crippen molar-refractivity contribution in [1.29, 1.82) is 0 Å². The second-order valence-corrected chi connectivity index (χ2v) is 7.58. The molecule has 28 heavy (non-hydrogen) atoms. The number of rotatable bonds is 3. The van der Waals surface area contributed by atoms with E-state index < -0.39 is 11.8 Å². The number of hydrogen-bond acceptors (Lipinski definition) is 3. The molecule has 1 aromatic rings. The zero-order valence-corrected chi connectivity index (χ0v) is 16.0. The largest absolute Gasteiger partial charge is 0.481 e. The summed E-state index contributed by atoms with van der Waals surface area (Å²) in [4.78, 5) is 39.3. The predicted molar refractivity (Wildman–Crippen MR) is 101 cm³/mol. The molecule has 2 fully saturated rings. The third kappa shape index (κ3) is 4.61. The van der Waals surface area contributed by atoms with E-state index in [0.717, 1.165) is 0 Å². The molecule has 0 unspecified atom stereocenters. The van der Waals surface area contributed by atoms with Gasteiger partial charge in [0.05, 0.1) is 5.92 Å². The standard InChI is InChI=1S/C20H26FN3O4/c1-13-2-3-15(12-17(13)21)18(25)23-8-10-24(11-9-23)20(28)22-16-6-4-14(5-7-16)19(26)27/h2-3,12,14,16H,4-11H2,1H3,(H,22,28)(H,26,27). The van der Waals surface area contributed by atoms with E-state index in [9.17, 15) is 18.8 Å². The van der Waals surface area contributed by atoms with Gasteiger partial charge < -0.3 is 20.2 Å². The molecule has 0 atom stereocenters. The van der Waals surface area contributed by atoms with Gasteiger partial charge in [-0.25, -0.2) is 9.18 Å².